The molecule has 0 aliphatic rings. The third-order valence-corrected chi connectivity index (χ3v) is 3.19. The molecule has 0 heterocycles. The monoisotopic (exact) mass is 478 g/mol. The van der Waals surface area contributed by atoms with Crippen molar-refractivity contribution in [2.45, 2.75) is 52.4 Å². The van der Waals surface area contributed by atoms with Crippen molar-refractivity contribution in [2.75, 3.05) is 0 Å². The molecule has 28 heavy (non-hydrogen) atoms. The van der Waals surface area contributed by atoms with Gasteiger partial charge in [-0.25, -0.2) is 0 Å². The fourth-order valence-electron chi connectivity index (χ4n) is 1.84. The summed E-state index contributed by atoms with van der Waals surface area (Å²) in [6.45, 7) is 5.48. The summed E-state index contributed by atoms with van der Waals surface area (Å²) in [6, 6.07) is 19.0. The van der Waals surface area contributed by atoms with Crippen LogP contribution in [0.15, 0.2) is 36.4 Å². The Kier molecular flexibility index (Phi) is 31.8. The standard InChI is InChI=1S/C9H11O3.C6H4.C6H13.2Co.2O/c10-4-7-2-1-3-8(5-11)9(7)6-12;1-2-4-6-5-3-1;1-3-5-6-4-2;;;;/h2-3,10-12H,4-6H2;1-2,5-6H;1,3-6H2,2H3;;;;/q-1;-2;-1;;;;. The van der Waals surface area contributed by atoms with E-state index in [1.165, 1.54) is 19.3 Å². The van der Waals surface area contributed by atoms with Crippen LogP contribution in [0.1, 0.15) is 49.3 Å². The maximum absolute atomic E-state index is 8.93. The van der Waals surface area contributed by atoms with Gasteiger partial charge in [-0.05, 0) is 0 Å². The van der Waals surface area contributed by atoms with Crippen LogP contribution < -0.4 is 0 Å². The van der Waals surface area contributed by atoms with Crippen LogP contribution in [0.2, 0.25) is 0 Å². The van der Waals surface area contributed by atoms with E-state index in [4.69, 9.17) is 23.1 Å². The predicted octanol–water partition coefficient (Wildman–Crippen LogP) is 3.41. The molecule has 3 N–H and O–H groups in total. The van der Waals surface area contributed by atoms with Gasteiger partial charge < -0.3 is 34.4 Å². The first-order valence-corrected chi connectivity index (χ1v) is 9.31. The minimum atomic E-state index is -0.166. The maximum atomic E-state index is 8.93. The Morgan fingerprint density at radius 1 is 0.786 bits per heavy atom. The van der Waals surface area contributed by atoms with Crippen molar-refractivity contribution in [2.24, 2.45) is 0 Å². The van der Waals surface area contributed by atoms with Gasteiger partial charge in [-0.15, -0.1) is 16.7 Å². The Morgan fingerprint density at radius 2 is 1.21 bits per heavy atom. The number of hydrogen-bond donors (Lipinski definition) is 3. The number of aliphatic hydroxyl groups excluding tert-OH is 3. The summed E-state index contributed by atoms with van der Waals surface area (Å²) in [6.07, 6.45) is 5.07. The average Bonchev–Trinajstić information content (AvgIpc) is 2.81. The largest absolute Gasteiger partial charge is 0.319 e. The van der Waals surface area contributed by atoms with Crippen molar-refractivity contribution in [1.29, 1.82) is 0 Å². The molecule has 0 saturated heterocycles. The molecular weight excluding hydrogens is 450 g/mol. The third kappa shape index (κ3) is 18.3. The Bertz CT molecular complexity index is 487. The van der Waals surface area contributed by atoms with E-state index >= 15 is 0 Å². The van der Waals surface area contributed by atoms with Crippen LogP contribution in [0.3, 0.4) is 0 Å². The summed E-state index contributed by atoms with van der Waals surface area (Å²) >= 11 is 4.62. The van der Waals surface area contributed by atoms with Gasteiger partial charge in [-0.1, -0.05) is 26.2 Å². The second-order valence-electron chi connectivity index (χ2n) is 5.02. The minimum absolute atomic E-state index is 0.139. The maximum Gasteiger partial charge on any atom is -0.288 e. The molecule has 0 aromatic heterocycles. The zero-order chi connectivity index (χ0) is 22.0. The molecule has 0 bridgehead atoms. The van der Waals surface area contributed by atoms with Crippen LogP contribution in [0.25, 0.3) is 0 Å². The molecule has 2 rings (SSSR count). The van der Waals surface area contributed by atoms with E-state index in [0.29, 0.717) is 16.7 Å². The molecule has 0 aliphatic carbocycles. The number of rotatable bonds is 6. The zero-order valence-corrected chi connectivity index (χ0v) is 18.0. The molecule has 0 radical (unpaired) electrons. The summed E-state index contributed by atoms with van der Waals surface area (Å²) in [5.41, 5.74) is 1.83. The predicted molar refractivity (Wildman–Crippen MR) is 98.0 cm³/mol. The van der Waals surface area contributed by atoms with Crippen molar-refractivity contribution in [1.82, 2.24) is 0 Å². The Labute approximate surface area is 184 Å². The van der Waals surface area contributed by atoms with Crippen LogP contribution in [0.5, 0.6) is 0 Å². The molecule has 0 saturated carbocycles. The van der Waals surface area contributed by atoms with E-state index in [2.05, 4.69) is 63.4 Å². The molecule has 0 spiro atoms. The van der Waals surface area contributed by atoms with Gasteiger partial charge in [0, 0.05) is 19.8 Å². The fraction of sp³-hybridized carbons (Fsp3) is 0.381. The van der Waals surface area contributed by atoms with E-state index in [-0.39, 0.29) is 19.8 Å². The molecule has 5 nitrogen and oxygen atoms in total. The second kappa shape index (κ2) is 28.1. The summed E-state index contributed by atoms with van der Waals surface area (Å²) in [5, 5.41) is 26.6. The van der Waals surface area contributed by atoms with E-state index in [1.807, 2.05) is 24.3 Å². The van der Waals surface area contributed by atoms with E-state index in [9.17, 15) is 0 Å². The molecule has 0 unspecified atom stereocenters. The quantitative estimate of drug-likeness (QED) is 0.437. The first kappa shape index (κ1) is 31.6. The van der Waals surface area contributed by atoms with Crippen LogP contribution >= 0.6 is 0 Å². The number of hydrogen-bond acceptors (Lipinski definition) is 5. The summed E-state index contributed by atoms with van der Waals surface area (Å²) in [5.74, 6) is 0. The zero-order valence-electron chi connectivity index (χ0n) is 15.9. The summed E-state index contributed by atoms with van der Waals surface area (Å²) in [4.78, 5) is 0. The molecule has 0 atom stereocenters. The van der Waals surface area contributed by atoms with Crippen molar-refractivity contribution >= 4 is 0 Å². The smallest absolute Gasteiger partial charge is 0.288 e. The fourth-order valence-corrected chi connectivity index (χ4v) is 1.84. The van der Waals surface area contributed by atoms with Crippen molar-refractivity contribution in [3.05, 3.63) is 78.2 Å². The molecule has 2 aromatic rings. The normalized spacial score (nSPS) is 8.39. The van der Waals surface area contributed by atoms with Gasteiger partial charge in [0.25, 0.3) is 0 Å². The van der Waals surface area contributed by atoms with Crippen molar-refractivity contribution in [3.8, 4) is 0 Å². The van der Waals surface area contributed by atoms with E-state index in [1.54, 1.807) is 12.1 Å². The molecule has 164 valence electrons. The Morgan fingerprint density at radius 3 is 1.43 bits per heavy atom. The van der Waals surface area contributed by atoms with Crippen LogP contribution in [-0.2, 0) is 58.9 Å². The van der Waals surface area contributed by atoms with Crippen LogP contribution in [0.4, 0.5) is 0 Å². The molecule has 0 aliphatic heterocycles. The Balaban J connectivity index is -0.000000332. The Hall–Kier alpha value is -1.07. The van der Waals surface area contributed by atoms with E-state index in [0.717, 1.165) is 6.42 Å². The van der Waals surface area contributed by atoms with Crippen LogP contribution in [0, 0.1) is 25.1 Å². The average molecular weight is 478 g/mol. The molecular formula is C21H28Co2O5-4. The number of benzene rings is 2. The minimum Gasteiger partial charge on any atom is -0.319 e. The molecule has 7 heteroatoms. The third-order valence-electron chi connectivity index (χ3n) is 3.19. The molecule has 0 fully saturated rings. The van der Waals surface area contributed by atoms with E-state index < -0.39 is 0 Å². The van der Waals surface area contributed by atoms with Gasteiger partial charge in [-0.2, -0.15) is 24.6 Å². The second-order valence-corrected chi connectivity index (χ2v) is 5.02. The van der Waals surface area contributed by atoms with Gasteiger partial charge >= 0.3 is 39.1 Å². The van der Waals surface area contributed by atoms with Crippen LogP contribution in [-0.4, -0.2) is 15.3 Å². The first-order valence-electron chi connectivity index (χ1n) is 8.46. The van der Waals surface area contributed by atoms with Gasteiger partial charge in [0.1, 0.15) is 0 Å². The molecule has 0 amide bonds. The van der Waals surface area contributed by atoms with Gasteiger partial charge in [0.05, 0.1) is 0 Å². The van der Waals surface area contributed by atoms with Crippen molar-refractivity contribution in [3.63, 3.8) is 0 Å². The number of aliphatic hydroxyl groups is 3. The van der Waals surface area contributed by atoms with Crippen molar-refractivity contribution < 1.29 is 54.4 Å². The molecule has 2 aromatic carbocycles. The van der Waals surface area contributed by atoms with Gasteiger partial charge in [0.15, 0.2) is 0 Å². The topological polar surface area (TPSA) is 94.8 Å². The summed E-state index contributed by atoms with van der Waals surface area (Å²) < 4.78 is 15.9. The van der Waals surface area contributed by atoms with Gasteiger partial charge in [0.2, 0.25) is 0 Å². The SMILES string of the molecule is OCc1c[c-]cc(CO)c1CO.[CH2-]CCCCC.[O]=[Co].[O]=[Co].[c-]1cc[c-]cc1. The summed E-state index contributed by atoms with van der Waals surface area (Å²) in [7, 11) is 0. The first-order chi connectivity index (χ1) is 13.7. The number of unbranched alkanes of at least 4 members (excludes halogenated alkanes) is 3. The van der Waals surface area contributed by atoms with Gasteiger partial charge in [-0.3, -0.25) is 24.3 Å².